The molecule has 0 unspecified atom stereocenters. The van der Waals surface area contributed by atoms with E-state index < -0.39 is 0 Å². The molecule has 1 aliphatic rings. The topological polar surface area (TPSA) is 51.2 Å². The second kappa shape index (κ2) is 6.56. The van der Waals surface area contributed by atoms with Crippen molar-refractivity contribution in [2.45, 2.75) is 6.42 Å². The second-order valence-corrected chi connectivity index (χ2v) is 6.28. The summed E-state index contributed by atoms with van der Waals surface area (Å²) in [6.07, 6.45) is 1.01. The van der Waals surface area contributed by atoms with Crippen LogP contribution < -0.4 is 5.32 Å². The first-order valence-electron chi connectivity index (χ1n) is 6.80. The Balaban J connectivity index is 1.63. The number of nitrogens with zero attached hydrogens (tertiary/aromatic N) is 1. The summed E-state index contributed by atoms with van der Waals surface area (Å²) in [5, 5.41) is 6.21. The average Bonchev–Trinajstić information content (AvgIpc) is 3.17. The van der Waals surface area contributed by atoms with Crippen molar-refractivity contribution in [2.75, 3.05) is 19.8 Å². The maximum absolute atomic E-state index is 12.1. The molecule has 1 amide bonds. The van der Waals surface area contributed by atoms with Crippen LogP contribution in [0.25, 0.3) is 10.6 Å². The molecule has 4 nitrogen and oxygen atoms in total. The Kier molecular flexibility index (Phi) is 4.53. The number of hydrogen-bond acceptors (Lipinski definition) is 4. The minimum atomic E-state index is -0.127. The Morgan fingerprint density at radius 1 is 1.43 bits per heavy atom. The third kappa shape index (κ3) is 3.61. The van der Waals surface area contributed by atoms with Gasteiger partial charge in [-0.25, -0.2) is 4.98 Å². The Hall–Kier alpha value is -1.43. The Morgan fingerprint density at radius 2 is 2.24 bits per heavy atom. The van der Waals surface area contributed by atoms with Crippen molar-refractivity contribution in [3.63, 3.8) is 0 Å². The number of carbonyl (C=O) groups is 1. The first-order chi connectivity index (χ1) is 10.2. The van der Waals surface area contributed by atoms with Gasteiger partial charge in [-0.05, 0) is 18.6 Å². The summed E-state index contributed by atoms with van der Waals surface area (Å²) in [6, 6.07) is 7.44. The third-order valence-corrected chi connectivity index (χ3v) is 4.55. The highest BCUT2D eigenvalue weighted by Crippen LogP contribution is 2.25. The molecule has 0 saturated carbocycles. The minimum absolute atomic E-state index is 0.127. The van der Waals surface area contributed by atoms with Gasteiger partial charge >= 0.3 is 0 Å². The van der Waals surface area contributed by atoms with Crippen LogP contribution in [0.5, 0.6) is 0 Å². The van der Waals surface area contributed by atoms with Crippen LogP contribution in [0.3, 0.4) is 0 Å². The van der Waals surface area contributed by atoms with Gasteiger partial charge in [0.2, 0.25) is 0 Å². The van der Waals surface area contributed by atoms with Crippen molar-refractivity contribution in [3.8, 4) is 10.6 Å². The van der Waals surface area contributed by atoms with Gasteiger partial charge in [0.1, 0.15) is 10.7 Å². The average molecular weight is 323 g/mol. The zero-order valence-electron chi connectivity index (χ0n) is 11.3. The standard InChI is InChI=1S/C15H15ClN2O2S/c16-12-3-1-11(2-4-12)15-18-13(9-21-15)14(19)17-7-10-5-6-20-8-10/h1-4,9-10H,5-8H2,(H,17,19)/t10-/m0/s1. The molecule has 110 valence electrons. The number of carbonyl (C=O) groups excluding carboxylic acids is 1. The van der Waals surface area contributed by atoms with Crippen molar-refractivity contribution >= 4 is 28.8 Å². The molecule has 2 heterocycles. The maximum Gasteiger partial charge on any atom is 0.270 e. The van der Waals surface area contributed by atoms with Crippen molar-refractivity contribution in [1.82, 2.24) is 10.3 Å². The van der Waals surface area contributed by atoms with Crippen LogP contribution in [0.15, 0.2) is 29.6 Å². The summed E-state index contributed by atoms with van der Waals surface area (Å²) in [6.45, 7) is 2.16. The predicted molar refractivity (Wildman–Crippen MR) is 83.8 cm³/mol. The molecule has 1 saturated heterocycles. The van der Waals surface area contributed by atoms with Gasteiger partial charge in [-0.15, -0.1) is 11.3 Å². The van der Waals surface area contributed by atoms with Crippen LogP contribution in [0.4, 0.5) is 0 Å². The zero-order valence-corrected chi connectivity index (χ0v) is 12.9. The summed E-state index contributed by atoms with van der Waals surface area (Å²) < 4.78 is 5.29. The molecule has 1 fully saturated rings. The quantitative estimate of drug-likeness (QED) is 0.940. The largest absolute Gasteiger partial charge is 0.381 e. The fraction of sp³-hybridized carbons (Fsp3) is 0.333. The van der Waals surface area contributed by atoms with Crippen LogP contribution in [-0.4, -0.2) is 30.6 Å². The smallest absolute Gasteiger partial charge is 0.270 e. The molecule has 1 aliphatic heterocycles. The van der Waals surface area contributed by atoms with E-state index in [1.165, 1.54) is 11.3 Å². The van der Waals surface area contributed by atoms with Gasteiger partial charge in [0.15, 0.2) is 0 Å². The van der Waals surface area contributed by atoms with Gasteiger partial charge in [-0.2, -0.15) is 0 Å². The third-order valence-electron chi connectivity index (χ3n) is 3.40. The van der Waals surface area contributed by atoms with E-state index in [2.05, 4.69) is 10.3 Å². The summed E-state index contributed by atoms with van der Waals surface area (Å²) in [7, 11) is 0. The Bertz CT molecular complexity index is 621. The van der Waals surface area contributed by atoms with E-state index in [0.717, 1.165) is 30.2 Å². The second-order valence-electron chi connectivity index (χ2n) is 4.98. The molecule has 0 spiro atoms. The van der Waals surface area contributed by atoms with Crippen LogP contribution in [0.2, 0.25) is 5.02 Å². The first kappa shape index (κ1) is 14.5. The van der Waals surface area contributed by atoms with E-state index in [9.17, 15) is 4.79 Å². The van der Waals surface area contributed by atoms with Gasteiger partial charge in [-0.3, -0.25) is 4.79 Å². The number of aromatic nitrogens is 1. The summed E-state index contributed by atoms with van der Waals surface area (Å²) in [5.74, 6) is 0.293. The molecule has 21 heavy (non-hydrogen) atoms. The monoisotopic (exact) mass is 322 g/mol. The molecular weight excluding hydrogens is 308 g/mol. The van der Waals surface area contributed by atoms with Crippen LogP contribution >= 0.6 is 22.9 Å². The van der Waals surface area contributed by atoms with E-state index >= 15 is 0 Å². The number of thiazole rings is 1. The lowest BCUT2D eigenvalue weighted by Crippen LogP contribution is -2.29. The zero-order chi connectivity index (χ0) is 14.7. The van der Waals surface area contributed by atoms with Crippen LogP contribution in [0.1, 0.15) is 16.9 Å². The molecule has 1 aromatic heterocycles. The van der Waals surface area contributed by atoms with Crippen LogP contribution in [-0.2, 0) is 4.74 Å². The summed E-state index contributed by atoms with van der Waals surface area (Å²) in [5.41, 5.74) is 1.43. The Morgan fingerprint density at radius 3 is 2.95 bits per heavy atom. The molecule has 3 rings (SSSR count). The number of rotatable bonds is 4. The van der Waals surface area contributed by atoms with Gasteiger partial charge in [0.25, 0.3) is 5.91 Å². The molecule has 1 N–H and O–H groups in total. The fourth-order valence-corrected chi connectivity index (χ4v) is 3.11. The van der Waals surface area contributed by atoms with E-state index in [4.69, 9.17) is 16.3 Å². The molecule has 1 atom stereocenters. The highest BCUT2D eigenvalue weighted by molar-refractivity contribution is 7.13. The predicted octanol–water partition coefficient (Wildman–Crippen LogP) is 3.23. The lowest BCUT2D eigenvalue weighted by molar-refractivity contribution is 0.0941. The molecule has 2 aromatic rings. The van der Waals surface area contributed by atoms with Crippen molar-refractivity contribution in [3.05, 3.63) is 40.4 Å². The van der Waals surface area contributed by atoms with Gasteiger partial charge < -0.3 is 10.1 Å². The molecule has 1 aromatic carbocycles. The van der Waals surface area contributed by atoms with Crippen molar-refractivity contribution in [1.29, 1.82) is 0 Å². The highest BCUT2D eigenvalue weighted by atomic mass is 35.5. The number of amides is 1. The van der Waals surface area contributed by atoms with Crippen molar-refractivity contribution < 1.29 is 9.53 Å². The van der Waals surface area contributed by atoms with Gasteiger partial charge in [0.05, 0.1) is 6.61 Å². The number of halogens is 1. The van der Waals surface area contributed by atoms with Gasteiger partial charge in [0, 0.05) is 35.0 Å². The normalized spacial score (nSPS) is 17.9. The van der Waals surface area contributed by atoms with E-state index in [1.807, 2.05) is 24.3 Å². The van der Waals surface area contributed by atoms with Crippen LogP contribution in [0, 0.1) is 5.92 Å². The maximum atomic E-state index is 12.1. The molecule has 6 heteroatoms. The molecule has 0 radical (unpaired) electrons. The highest BCUT2D eigenvalue weighted by Gasteiger charge is 2.18. The lowest BCUT2D eigenvalue weighted by atomic mass is 10.1. The van der Waals surface area contributed by atoms with E-state index in [-0.39, 0.29) is 5.91 Å². The molecular formula is C15H15ClN2O2S. The Labute approximate surface area is 132 Å². The molecule has 0 bridgehead atoms. The number of nitrogens with one attached hydrogen (secondary N) is 1. The number of benzene rings is 1. The SMILES string of the molecule is O=C(NC[C@@H]1CCOC1)c1csc(-c2ccc(Cl)cc2)n1. The number of hydrogen-bond donors (Lipinski definition) is 1. The number of ether oxygens (including phenoxy) is 1. The van der Waals surface area contributed by atoms with E-state index in [0.29, 0.717) is 23.2 Å². The lowest BCUT2D eigenvalue weighted by Gasteiger charge is -2.07. The fourth-order valence-electron chi connectivity index (χ4n) is 2.17. The van der Waals surface area contributed by atoms with Gasteiger partial charge in [-0.1, -0.05) is 23.7 Å². The van der Waals surface area contributed by atoms with Crippen molar-refractivity contribution in [2.24, 2.45) is 5.92 Å². The summed E-state index contributed by atoms with van der Waals surface area (Å²) >= 11 is 7.32. The van der Waals surface area contributed by atoms with E-state index in [1.54, 1.807) is 5.38 Å². The first-order valence-corrected chi connectivity index (χ1v) is 8.05. The minimum Gasteiger partial charge on any atom is -0.381 e. The molecule has 0 aliphatic carbocycles. The summed E-state index contributed by atoms with van der Waals surface area (Å²) in [4.78, 5) is 16.5.